The number of hydrogen-bond donors (Lipinski definition) is 3. The van der Waals surface area contributed by atoms with Crippen molar-refractivity contribution < 1.29 is 13.9 Å². The molecule has 1 amide bonds. The van der Waals surface area contributed by atoms with Crippen LogP contribution in [0, 0.1) is 11.7 Å². The number of amides is 1. The third-order valence-corrected chi connectivity index (χ3v) is 9.06. The van der Waals surface area contributed by atoms with Gasteiger partial charge in [0.15, 0.2) is 6.61 Å². The predicted molar refractivity (Wildman–Crippen MR) is 140 cm³/mol. The number of ether oxygens (including phenoxy) is 1. The molecular formula is C29H35ClFN3O2. The monoisotopic (exact) mass is 511 g/mol. The molecule has 5 nitrogen and oxygen atoms in total. The lowest BCUT2D eigenvalue weighted by atomic mass is 9.44. The van der Waals surface area contributed by atoms with E-state index in [1.54, 1.807) is 6.07 Å². The molecule has 0 aromatic heterocycles. The molecule has 1 aliphatic heterocycles. The van der Waals surface area contributed by atoms with Crippen molar-refractivity contribution in [1.29, 1.82) is 0 Å². The first kappa shape index (κ1) is 24.1. The molecule has 4 saturated carbocycles. The van der Waals surface area contributed by atoms with Crippen LogP contribution in [0.1, 0.15) is 75.0 Å². The summed E-state index contributed by atoms with van der Waals surface area (Å²) in [6.07, 6.45) is 12.0. The summed E-state index contributed by atoms with van der Waals surface area (Å²) >= 11 is 5.70. The molecular weight excluding hydrogens is 477 g/mol. The molecule has 36 heavy (non-hydrogen) atoms. The molecule has 3 N–H and O–H groups in total. The lowest BCUT2D eigenvalue weighted by Crippen LogP contribution is -2.81. The third-order valence-electron chi connectivity index (χ3n) is 8.75. The third kappa shape index (κ3) is 4.58. The van der Waals surface area contributed by atoms with E-state index >= 15 is 0 Å². The molecule has 7 rings (SSSR count). The van der Waals surface area contributed by atoms with Crippen LogP contribution in [-0.2, 0) is 11.2 Å². The molecule has 1 atom stereocenters. The molecule has 1 unspecified atom stereocenters. The van der Waals surface area contributed by atoms with Gasteiger partial charge in [-0.2, -0.15) is 0 Å². The van der Waals surface area contributed by atoms with Gasteiger partial charge in [-0.15, -0.1) is 0 Å². The van der Waals surface area contributed by atoms with E-state index in [9.17, 15) is 9.18 Å². The van der Waals surface area contributed by atoms with Gasteiger partial charge in [0.05, 0.1) is 5.02 Å². The van der Waals surface area contributed by atoms with E-state index < -0.39 is 5.82 Å². The van der Waals surface area contributed by atoms with Crippen molar-refractivity contribution in [3.8, 4) is 5.75 Å². The average Bonchev–Trinajstić information content (AvgIpc) is 3.12. The van der Waals surface area contributed by atoms with Gasteiger partial charge in [-0.05, 0) is 80.3 Å². The summed E-state index contributed by atoms with van der Waals surface area (Å²) in [4.78, 5) is 12.5. The summed E-state index contributed by atoms with van der Waals surface area (Å²) in [5.74, 6) is 0.310. The van der Waals surface area contributed by atoms with Crippen LogP contribution in [0.4, 0.5) is 10.1 Å². The number of rotatable bonds is 7. The molecule has 7 heteroatoms. The van der Waals surface area contributed by atoms with Gasteiger partial charge in [0.25, 0.3) is 5.91 Å². The van der Waals surface area contributed by atoms with Crippen LogP contribution in [0.5, 0.6) is 5.75 Å². The van der Waals surface area contributed by atoms with E-state index in [-0.39, 0.29) is 28.6 Å². The molecule has 2 bridgehead atoms. The molecule has 0 radical (unpaired) electrons. The zero-order valence-electron chi connectivity index (χ0n) is 20.7. The first-order chi connectivity index (χ1) is 17.4. The molecule has 4 aliphatic carbocycles. The van der Waals surface area contributed by atoms with E-state index in [0.29, 0.717) is 11.8 Å². The SMILES string of the molecule is O=C(COc1ccc(Cl)c(F)c1)NC12CC(Nc3cccc4c3CCNC4C3CCCCCC3)(C1)C2. The maximum Gasteiger partial charge on any atom is 0.258 e. The molecule has 0 spiro atoms. The van der Waals surface area contributed by atoms with Crippen LogP contribution < -0.4 is 20.7 Å². The van der Waals surface area contributed by atoms with E-state index in [1.807, 2.05) is 0 Å². The Hall–Kier alpha value is -2.31. The lowest BCUT2D eigenvalue weighted by Gasteiger charge is -2.70. The smallest absolute Gasteiger partial charge is 0.258 e. The van der Waals surface area contributed by atoms with Crippen LogP contribution in [0.25, 0.3) is 0 Å². The Kier molecular flexibility index (Phi) is 6.37. The van der Waals surface area contributed by atoms with Crippen LogP contribution >= 0.6 is 11.6 Å². The van der Waals surface area contributed by atoms with Crippen LogP contribution in [-0.4, -0.2) is 30.1 Å². The summed E-state index contributed by atoms with van der Waals surface area (Å²) in [6.45, 7) is 0.905. The van der Waals surface area contributed by atoms with Gasteiger partial charge in [-0.1, -0.05) is 49.4 Å². The largest absolute Gasteiger partial charge is 0.484 e. The van der Waals surface area contributed by atoms with Crippen molar-refractivity contribution in [3.05, 3.63) is 58.4 Å². The van der Waals surface area contributed by atoms with Crippen molar-refractivity contribution in [1.82, 2.24) is 10.6 Å². The predicted octanol–water partition coefficient (Wildman–Crippen LogP) is 5.92. The molecule has 1 heterocycles. The number of hydrogen-bond acceptors (Lipinski definition) is 4. The van der Waals surface area contributed by atoms with Gasteiger partial charge < -0.3 is 20.7 Å². The minimum atomic E-state index is -0.554. The van der Waals surface area contributed by atoms with E-state index in [4.69, 9.17) is 16.3 Å². The van der Waals surface area contributed by atoms with Gasteiger partial charge >= 0.3 is 0 Å². The Balaban J connectivity index is 1.05. The van der Waals surface area contributed by atoms with Gasteiger partial charge in [-0.25, -0.2) is 4.39 Å². The Morgan fingerprint density at radius 3 is 2.61 bits per heavy atom. The zero-order chi connectivity index (χ0) is 24.8. The Morgan fingerprint density at radius 2 is 1.86 bits per heavy atom. The Labute approximate surface area is 217 Å². The number of carbonyl (C=O) groups is 1. The number of nitrogens with one attached hydrogen (secondary N) is 3. The number of anilines is 1. The molecule has 4 fully saturated rings. The summed E-state index contributed by atoms with van der Waals surface area (Å²) < 4.78 is 19.0. The Bertz CT molecular complexity index is 1130. The quantitative estimate of drug-likeness (QED) is 0.404. The fraction of sp³-hybridized carbons (Fsp3) is 0.552. The van der Waals surface area contributed by atoms with Gasteiger partial charge in [0, 0.05) is 28.9 Å². The van der Waals surface area contributed by atoms with Crippen molar-refractivity contribution in [2.75, 3.05) is 18.5 Å². The second kappa shape index (κ2) is 9.53. The van der Waals surface area contributed by atoms with E-state index in [0.717, 1.165) is 38.1 Å². The lowest BCUT2D eigenvalue weighted by molar-refractivity contribution is -0.135. The minimum absolute atomic E-state index is 0.0365. The van der Waals surface area contributed by atoms with Crippen molar-refractivity contribution in [2.45, 2.75) is 81.3 Å². The molecule has 2 aromatic rings. The molecule has 192 valence electrons. The number of fused-ring (bicyclic) bond motifs is 1. The minimum Gasteiger partial charge on any atom is -0.484 e. The normalized spacial score (nSPS) is 29.2. The van der Waals surface area contributed by atoms with Crippen LogP contribution in [0.15, 0.2) is 36.4 Å². The second-order valence-electron chi connectivity index (χ2n) is 11.4. The maximum absolute atomic E-state index is 13.6. The number of carbonyl (C=O) groups excluding carboxylic acids is 1. The number of halogens is 2. The van der Waals surface area contributed by atoms with Gasteiger partial charge in [-0.3, -0.25) is 4.79 Å². The highest BCUT2D eigenvalue weighted by Gasteiger charge is 2.68. The number of benzene rings is 2. The standard InChI is InChI=1S/C29H35ClFN3O2/c30-23-11-10-20(14-24(23)31)36-15-26(35)34-29-16-28(17-29,18-29)33-25-9-5-8-22-21(25)12-13-32-27(22)19-6-3-1-2-4-7-19/h5,8-11,14,19,27,32-33H,1-4,6-7,12-13,15-18H2,(H,34,35). The molecule has 5 aliphatic rings. The summed E-state index contributed by atoms with van der Waals surface area (Å²) in [5, 5.41) is 10.9. The fourth-order valence-electron chi connectivity index (χ4n) is 7.21. The van der Waals surface area contributed by atoms with E-state index in [2.05, 4.69) is 34.1 Å². The summed E-state index contributed by atoms with van der Waals surface area (Å²) in [6, 6.07) is 11.4. The molecule has 0 saturated heterocycles. The van der Waals surface area contributed by atoms with Crippen molar-refractivity contribution in [3.63, 3.8) is 0 Å². The topological polar surface area (TPSA) is 62.4 Å². The van der Waals surface area contributed by atoms with Gasteiger partial charge in [0.1, 0.15) is 11.6 Å². The first-order valence-corrected chi connectivity index (χ1v) is 13.8. The van der Waals surface area contributed by atoms with Gasteiger partial charge in [0.2, 0.25) is 0 Å². The van der Waals surface area contributed by atoms with Crippen molar-refractivity contribution in [2.24, 2.45) is 5.92 Å². The molecule has 2 aromatic carbocycles. The van der Waals surface area contributed by atoms with Crippen LogP contribution in [0.3, 0.4) is 0 Å². The average molecular weight is 512 g/mol. The highest BCUT2D eigenvalue weighted by atomic mass is 35.5. The second-order valence-corrected chi connectivity index (χ2v) is 11.8. The Morgan fingerprint density at radius 1 is 1.08 bits per heavy atom. The van der Waals surface area contributed by atoms with E-state index in [1.165, 1.54) is 67.5 Å². The first-order valence-electron chi connectivity index (χ1n) is 13.5. The summed E-state index contributed by atoms with van der Waals surface area (Å²) in [7, 11) is 0. The maximum atomic E-state index is 13.6. The van der Waals surface area contributed by atoms with Crippen LogP contribution in [0.2, 0.25) is 5.02 Å². The highest BCUT2D eigenvalue weighted by molar-refractivity contribution is 6.30. The summed E-state index contributed by atoms with van der Waals surface area (Å²) in [5.41, 5.74) is 4.18. The highest BCUT2D eigenvalue weighted by Crippen LogP contribution is 2.62. The van der Waals surface area contributed by atoms with Crippen molar-refractivity contribution >= 4 is 23.2 Å². The fourth-order valence-corrected chi connectivity index (χ4v) is 7.32. The zero-order valence-corrected chi connectivity index (χ0v) is 21.4.